The second-order valence-electron chi connectivity index (χ2n) is 7.40. The number of aromatic nitrogens is 1. The fourth-order valence-electron chi connectivity index (χ4n) is 3.65. The van der Waals surface area contributed by atoms with Gasteiger partial charge in [-0.3, -0.25) is 14.5 Å². The minimum Gasteiger partial charge on any atom is -0.318 e. The average molecular weight is 481 g/mol. The van der Waals surface area contributed by atoms with Crippen LogP contribution in [-0.4, -0.2) is 20.6 Å². The summed E-state index contributed by atoms with van der Waals surface area (Å²) in [6.45, 7) is 6.43. The second-order valence-corrected chi connectivity index (χ2v) is 9.30. The van der Waals surface area contributed by atoms with Crippen molar-refractivity contribution in [2.24, 2.45) is 0 Å². The lowest BCUT2D eigenvalue weighted by Gasteiger charge is -2.12. The SMILES string of the molecule is Cc1cccc(-n2c(C)cc(/C=C3\SC(=O)N(Cc4ccc(Br)cc4)C3=O)c2C)c1. The number of hydrogen-bond donors (Lipinski definition) is 0. The van der Waals surface area contributed by atoms with E-state index in [0.29, 0.717) is 4.91 Å². The van der Waals surface area contributed by atoms with Gasteiger partial charge in [-0.05, 0) is 85.6 Å². The number of nitrogens with zero attached hydrogens (tertiary/aromatic N) is 2. The van der Waals surface area contributed by atoms with E-state index in [4.69, 9.17) is 0 Å². The number of benzene rings is 2. The zero-order chi connectivity index (χ0) is 21.4. The molecule has 0 N–H and O–H groups in total. The van der Waals surface area contributed by atoms with Crippen LogP contribution < -0.4 is 0 Å². The van der Waals surface area contributed by atoms with Crippen LogP contribution in [0, 0.1) is 20.8 Å². The Labute approximate surface area is 188 Å². The molecule has 2 amide bonds. The van der Waals surface area contributed by atoms with E-state index in [2.05, 4.69) is 51.7 Å². The summed E-state index contributed by atoms with van der Waals surface area (Å²) in [5, 5.41) is -0.235. The minimum atomic E-state index is -0.242. The van der Waals surface area contributed by atoms with E-state index in [-0.39, 0.29) is 17.7 Å². The number of imide groups is 1. The monoisotopic (exact) mass is 480 g/mol. The summed E-state index contributed by atoms with van der Waals surface area (Å²) in [4.78, 5) is 27.2. The Hall–Kier alpha value is -2.57. The van der Waals surface area contributed by atoms with E-state index < -0.39 is 0 Å². The summed E-state index contributed by atoms with van der Waals surface area (Å²) in [6.07, 6.45) is 1.83. The van der Waals surface area contributed by atoms with Crippen molar-refractivity contribution in [2.45, 2.75) is 27.3 Å². The van der Waals surface area contributed by atoms with E-state index >= 15 is 0 Å². The second kappa shape index (κ2) is 8.28. The van der Waals surface area contributed by atoms with Gasteiger partial charge in [-0.2, -0.15) is 0 Å². The fraction of sp³-hybridized carbons (Fsp3) is 0.167. The Morgan fingerprint density at radius 2 is 1.73 bits per heavy atom. The van der Waals surface area contributed by atoms with Gasteiger partial charge >= 0.3 is 0 Å². The molecular formula is C24H21BrN2O2S. The molecule has 0 saturated carbocycles. The molecule has 1 aliphatic rings. The third-order valence-corrected chi connectivity index (χ3v) is 6.58. The number of amides is 2. The first-order valence-corrected chi connectivity index (χ1v) is 11.2. The van der Waals surface area contributed by atoms with Crippen LogP contribution in [0.4, 0.5) is 4.79 Å². The first kappa shape index (κ1) is 20.7. The highest BCUT2D eigenvalue weighted by Gasteiger charge is 2.35. The molecule has 0 unspecified atom stereocenters. The van der Waals surface area contributed by atoms with Gasteiger partial charge in [-0.25, -0.2) is 0 Å². The molecule has 152 valence electrons. The minimum absolute atomic E-state index is 0.235. The van der Waals surface area contributed by atoms with Crippen molar-refractivity contribution in [1.82, 2.24) is 9.47 Å². The van der Waals surface area contributed by atoms with Gasteiger partial charge in [0.25, 0.3) is 11.1 Å². The Morgan fingerprint density at radius 3 is 2.43 bits per heavy atom. The Balaban J connectivity index is 1.62. The van der Waals surface area contributed by atoms with Crippen LogP contribution in [0.5, 0.6) is 0 Å². The number of rotatable bonds is 4. The molecule has 30 heavy (non-hydrogen) atoms. The maximum atomic E-state index is 12.9. The number of aryl methyl sites for hydroxylation is 2. The molecule has 1 fully saturated rings. The molecule has 0 aliphatic carbocycles. The van der Waals surface area contributed by atoms with Crippen LogP contribution in [0.2, 0.25) is 0 Å². The van der Waals surface area contributed by atoms with Gasteiger partial charge in [0.2, 0.25) is 0 Å². The van der Waals surface area contributed by atoms with Crippen molar-refractivity contribution in [3.8, 4) is 5.69 Å². The van der Waals surface area contributed by atoms with E-state index in [1.807, 2.05) is 50.3 Å². The number of hydrogen-bond acceptors (Lipinski definition) is 3. The van der Waals surface area contributed by atoms with Crippen molar-refractivity contribution in [2.75, 3.05) is 0 Å². The molecule has 2 aromatic carbocycles. The molecule has 3 aromatic rings. The normalized spacial score (nSPS) is 15.5. The van der Waals surface area contributed by atoms with Crippen molar-refractivity contribution >= 4 is 44.9 Å². The lowest BCUT2D eigenvalue weighted by molar-refractivity contribution is -0.123. The summed E-state index contributed by atoms with van der Waals surface area (Å²) >= 11 is 4.40. The smallest absolute Gasteiger partial charge is 0.293 e. The molecule has 4 nitrogen and oxygen atoms in total. The van der Waals surface area contributed by atoms with Crippen LogP contribution >= 0.6 is 27.7 Å². The van der Waals surface area contributed by atoms with Gasteiger partial charge < -0.3 is 4.57 Å². The van der Waals surface area contributed by atoms with Crippen molar-refractivity contribution < 1.29 is 9.59 Å². The highest BCUT2D eigenvalue weighted by atomic mass is 79.9. The Kier molecular flexibility index (Phi) is 5.71. The molecule has 2 heterocycles. The molecule has 4 rings (SSSR count). The predicted molar refractivity (Wildman–Crippen MR) is 126 cm³/mol. The highest BCUT2D eigenvalue weighted by Crippen LogP contribution is 2.34. The van der Waals surface area contributed by atoms with E-state index in [0.717, 1.165) is 44.4 Å². The topological polar surface area (TPSA) is 42.3 Å². The zero-order valence-electron chi connectivity index (χ0n) is 17.0. The molecule has 0 atom stereocenters. The first-order valence-electron chi connectivity index (χ1n) is 9.59. The Bertz CT molecular complexity index is 1180. The van der Waals surface area contributed by atoms with Gasteiger partial charge in [-0.1, -0.05) is 40.2 Å². The average Bonchev–Trinajstić information content (AvgIpc) is 3.13. The quantitative estimate of drug-likeness (QED) is 0.405. The van der Waals surface area contributed by atoms with Gasteiger partial charge in [-0.15, -0.1) is 0 Å². The van der Waals surface area contributed by atoms with Crippen LogP contribution in [0.3, 0.4) is 0 Å². The summed E-state index contributed by atoms with van der Waals surface area (Å²) in [6, 6.07) is 18.0. The summed E-state index contributed by atoms with van der Waals surface area (Å²) in [7, 11) is 0. The van der Waals surface area contributed by atoms with Gasteiger partial charge in [0.05, 0.1) is 11.4 Å². The molecule has 0 spiro atoms. The first-order chi connectivity index (χ1) is 14.3. The third-order valence-electron chi connectivity index (χ3n) is 5.14. The number of halogens is 1. The molecule has 1 aliphatic heterocycles. The van der Waals surface area contributed by atoms with Gasteiger partial charge in [0, 0.05) is 21.5 Å². The van der Waals surface area contributed by atoms with Crippen LogP contribution in [-0.2, 0) is 11.3 Å². The lowest BCUT2D eigenvalue weighted by Crippen LogP contribution is -2.27. The van der Waals surface area contributed by atoms with E-state index in [1.165, 1.54) is 10.5 Å². The molecule has 6 heteroatoms. The number of carbonyl (C=O) groups excluding carboxylic acids is 2. The third kappa shape index (κ3) is 4.02. The standard InChI is InChI=1S/C24H21BrN2O2S/c1-15-5-4-6-21(11-15)27-16(2)12-19(17(27)3)13-22-23(28)26(24(29)30-22)14-18-7-9-20(25)10-8-18/h4-13H,14H2,1-3H3/b22-13-. The summed E-state index contributed by atoms with van der Waals surface area (Å²) < 4.78 is 3.13. The molecule has 0 radical (unpaired) electrons. The molecule has 1 aromatic heterocycles. The number of carbonyl (C=O) groups is 2. The molecule has 1 saturated heterocycles. The molecular weight excluding hydrogens is 460 g/mol. The van der Waals surface area contributed by atoms with Gasteiger partial charge in [0.1, 0.15) is 0 Å². The van der Waals surface area contributed by atoms with Gasteiger partial charge in [0.15, 0.2) is 0 Å². The zero-order valence-corrected chi connectivity index (χ0v) is 19.4. The predicted octanol–water partition coefficient (Wildman–Crippen LogP) is 6.40. The van der Waals surface area contributed by atoms with Crippen molar-refractivity contribution in [1.29, 1.82) is 0 Å². The fourth-order valence-corrected chi connectivity index (χ4v) is 4.74. The lowest BCUT2D eigenvalue weighted by atomic mass is 10.2. The van der Waals surface area contributed by atoms with E-state index in [9.17, 15) is 9.59 Å². The largest absolute Gasteiger partial charge is 0.318 e. The summed E-state index contributed by atoms with van der Waals surface area (Å²) in [5.41, 5.74) is 6.27. The van der Waals surface area contributed by atoms with Crippen LogP contribution in [0.15, 0.2) is 64.0 Å². The van der Waals surface area contributed by atoms with Crippen LogP contribution in [0.25, 0.3) is 11.8 Å². The van der Waals surface area contributed by atoms with Crippen molar-refractivity contribution in [3.05, 3.63) is 92.1 Å². The summed E-state index contributed by atoms with van der Waals surface area (Å²) in [5.74, 6) is -0.242. The number of thioether (sulfide) groups is 1. The molecule has 0 bridgehead atoms. The Morgan fingerprint density at radius 1 is 1.00 bits per heavy atom. The maximum Gasteiger partial charge on any atom is 0.293 e. The van der Waals surface area contributed by atoms with Crippen LogP contribution in [0.1, 0.15) is 28.1 Å². The highest BCUT2D eigenvalue weighted by molar-refractivity contribution is 9.10. The van der Waals surface area contributed by atoms with E-state index in [1.54, 1.807) is 0 Å². The van der Waals surface area contributed by atoms with Crippen molar-refractivity contribution in [3.63, 3.8) is 0 Å². The maximum absolute atomic E-state index is 12.9.